The molecule has 0 aliphatic heterocycles. The van der Waals surface area contributed by atoms with Crippen LogP contribution in [0.4, 0.5) is 0 Å². The molecule has 0 radical (unpaired) electrons. The second-order valence-corrected chi connectivity index (χ2v) is 4.06. The van der Waals surface area contributed by atoms with Crippen molar-refractivity contribution in [1.29, 1.82) is 0 Å². The number of aryl methyl sites for hydroxylation is 1. The Balaban J connectivity index is 0.00000324. The van der Waals surface area contributed by atoms with Gasteiger partial charge in [-0.15, -0.1) is 12.4 Å². The van der Waals surface area contributed by atoms with Crippen LogP contribution in [0.5, 0.6) is 5.75 Å². The number of nitrogens with one attached hydrogen (secondary N) is 2. The molecule has 0 unspecified atom stereocenters. The van der Waals surface area contributed by atoms with Gasteiger partial charge in [-0.1, -0.05) is 25.1 Å². The number of benzene rings is 1. The van der Waals surface area contributed by atoms with E-state index in [0.29, 0.717) is 6.54 Å². The third-order valence-corrected chi connectivity index (χ3v) is 2.64. The molecule has 4 nitrogen and oxygen atoms in total. The van der Waals surface area contributed by atoms with Gasteiger partial charge in [0, 0.05) is 6.54 Å². The van der Waals surface area contributed by atoms with Crippen molar-refractivity contribution in [3.63, 3.8) is 0 Å². The summed E-state index contributed by atoms with van der Waals surface area (Å²) in [7, 11) is 1.90. The molecule has 0 fully saturated rings. The highest BCUT2D eigenvalue weighted by atomic mass is 35.5. The fourth-order valence-corrected chi connectivity index (χ4v) is 1.62. The van der Waals surface area contributed by atoms with E-state index in [1.165, 1.54) is 0 Å². The van der Waals surface area contributed by atoms with Crippen molar-refractivity contribution in [3.8, 4) is 5.75 Å². The van der Waals surface area contributed by atoms with Gasteiger partial charge in [0.05, 0.1) is 0 Å². The van der Waals surface area contributed by atoms with Crippen LogP contribution < -0.4 is 15.4 Å². The SMILES string of the molecule is CCc1ccccc1OCC(=O)NCCCNC.Cl. The maximum atomic E-state index is 11.5. The number of hydrogen-bond donors (Lipinski definition) is 2. The van der Waals surface area contributed by atoms with Crippen molar-refractivity contribution in [3.05, 3.63) is 29.8 Å². The molecular weight excluding hydrogens is 264 g/mol. The van der Waals surface area contributed by atoms with Crippen LogP contribution in [0.25, 0.3) is 0 Å². The number of hydrogen-bond acceptors (Lipinski definition) is 3. The average Bonchev–Trinajstić information content (AvgIpc) is 2.41. The Morgan fingerprint density at radius 3 is 2.68 bits per heavy atom. The van der Waals surface area contributed by atoms with Gasteiger partial charge in [0.2, 0.25) is 0 Å². The zero-order valence-corrected chi connectivity index (χ0v) is 12.4. The van der Waals surface area contributed by atoms with Crippen LogP contribution in [-0.2, 0) is 11.2 Å². The molecule has 0 aromatic heterocycles. The van der Waals surface area contributed by atoms with Gasteiger partial charge in [0.25, 0.3) is 5.91 Å². The monoisotopic (exact) mass is 286 g/mol. The van der Waals surface area contributed by atoms with Crippen molar-refractivity contribution in [2.45, 2.75) is 19.8 Å². The molecule has 0 aliphatic rings. The first-order chi connectivity index (χ1) is 8.77. The van der Waals surface area contributed by atoms with E-state index in [4.69, 9.17) is 4.74 Å². The molecule has 0 saturated heterocycles. The minimum absolute atomic E-state index is 0. The van der Waals surface area contributed by atoms with Gasteiger partial charge < -0.3 is 15.4 Å². The molecule has 108 valence electrons. The number of ether oxygens (including phenoxy) is 1. The summed E-state index contributed by atoms with van der Waals surface area (Å²) >= 11 is 0. The van der Waals surface area contributed by atoms with Crippen molar-refractivity contribution in [2.24, 2.45) is 0 Å². The highest BCUT2D eigenvalue weighted by molar-refractivity contribution is 5.85. The van der Waals surface area contributed by atoms with Crippen LogP contribution in [0.15, 0.2) is 24.3 Å². The minimum Gasteiger partial charge on any atom is -0.483 e. The second kappa shape index (κ2) is 10.6. The summed E-state index contributed by atoms with van der Waals surface area (Å²) < 4.78 is 5.52. The summed E-state index contributed by atoms with van der Waals surface area (Å²) in [6.45, 7) is 3.73. The lowest BCUT2D eigenvalue weighted by Crippen LogP contribution is -2.31. The summed E-state index contributed by atoms with van der Waals surface area (Å²) in [4.78, 5) is 11.5. The maximum Gasteiger partial charge on any atom is 0.257 e. The smallest absolute Gasteiger partial charge is 0.257 e. The topological polar surface area (TPSA) is 50.4 Å². The lowest BCUT2D eigenvalue weighted by molar-refractivity contribution is -0.123. The van der Waals surface area contributed by atoms with Gasteiger partial charge in [-0.2, -0.15) is 0 Å². The quantitative estimate of drug-likeness (QED) is 0.716. The molecule has 0 aliphatic carbocycles. The molecule has 1 amide bonds. The van der Waals surface area contributed by atoms with Crippen molar-refractivity contribution >= 4 is 18.3 Å². The predicted octanol–water partition coefficient (Wildman–Crippen LogP) is 1.78. The fraction of sp³-hybridized carbons (Fsp3) is 0.500. The number of amides is 1. The molecule has 0 heterocycles. The van der Waals surface area contributed by atoms with E-state index in [2.05, 4.69) is 17.6 Å². The summed E-state index contributed by atoms with van der Waals surface area (Å²) in [5, 5.41) is 5.85. The molecule has 19 heavy (non-hydrogen) atoms. The maximum absolute atomic E-state index is 11.5. The molecule has 0 bridgehead atoms. The van der Waals surface area contributed by atoms with E-state index < -0.39 is 0 Å². The van der Waals surface area contributed by atoms with Crippen LogP contribution in [0.1, 0.15) is 18.9 Å². The second-order valence-electron chi connectivity index (χ2n) is 4.06. The zero-order chi connectivity index (χ0) is 13.2. The predicted molar refractivity (Wildman–Crippen MR) is 80.1 cm³/mol. The van der Waals surface area contributed by atoms with Crippen LogP contribution in [-0.4, -0.2) is 32.7 Å². The van der Waals surface area contributed by atoms with Crippen molar-refractivity contribution < 1.29 is 9.53 Å². The first-order valence-corrected chi connectivity index (χ1v) is 6.40. The Bertz CT molecular complexity index is 372. The minimum atomic E-state index is -0.0722. The molecule has 0 saturated carbocycles. The highest BCUT2D eigenvalue weighted by Crippen LogP contribution is 2.17. The summed E-state index contributed by atoms with van der Waals surface area (Å²) in [5.74, 6) is 0.724. The van der Waals surface area contributed by atoms with Crippen molar-refractivity contribution in [1.82, 2.24) is 10.6 Å². The zero-order valence-electron chi connectivity index (χ0n) is 11.6. The van der Waals surface area contributed by atoms with Gasteiger partial charge in [-0.25, -0.2) is 0 Å². The van der Waals surface area contributed by atoms with Crippen molar-refractivity contribution in [2.75, 3.05) is 26.7 Å². The van der Waals surface area contributed by atoms with Crippen LogP contribution in [0.3, 0.4) is 0 Å². The molecule has 2 N–H and O–H groups in total. The first-order valence-electron chi connectivity index (χ1n) is 6.40. The first kappa shape index (κ1) is 17.7. The summed E-state index contributed by atoms with van der Waals surface area (Å²) in [5.41, 5.74) is 1.13. The standard InChI is InChI=1S/C14H22N2O2.ClH/c1-3-12-7-4-5-8-13(12)18-11-14(17)16-10-6-9-15-2;/h4-5,7-8,15H,3,6,9-11H2,1-2H3,(H,16,17);1H. The summed E-state index contributed by atoms with van der Waals surface area (Å²) in [6, 6.07) is 7.80. The Labute approximate surface area is 121 Å². The molecule has 5 heteroatoms. The van der Waals surface area contributed by atoms with Gasteiger partial charge in [0.15, 0.2) is 6.61 Å². The molecule has 1 aromatic rings. The number of halogens is 1. The summed E-state index contributed by atoms with van der Waals surface area (Å²) in [6.07, 6.45) is 1.83. The van der Waals surface area contributed by atoms with Gasteiger partial charge in [0.1, 0.15) is 5.75 Å². The Morgan fingerprint density at radius 1 is 1.26 bits per heavy atom. The van der Waals surface area contributed by atoms with E-state index in [1.54, 1.807) is 0 Å². The van der Waals surface area contributed by atoms with Gasteiger partial charge >= 0.3 is 0 Å². The fourth-order valence-electron chi connectivity index (χ4n) is 1.62. The molecule has 1 rings (SSSR count). The van der Waals surface area contributed by atoms with Crippen LogP contribution in [0, 0.1) is 0 Å². The third kappa shape index (κ3) is 7.03. The molecule has 1 aromatic carbocycles. The van der Waals surface area contributed by atoms with Gasteiger partial charge in [-0.05, 0) is 38.1 Å². The number of carbonyl (C=O) groups excluding carboxylic acids is 1. The lowest BCUT2D eigenvalue weighted by Gasteiger charge is -2.10. The average molecular weight is 287 g/mol. The molecular formula is C14H23ClN2O2. The Hall–Kier alpha value is -1.26. The van der Waals surface area contributed by atoms with Gasteiger partial charge in [-0.3, -0.25) is 4.79 Å². The van der Waals surface area contributed by atoms with E-state index in [0.717, 1.165) is 30.7 Å². The molecule has 0 spiro atoms. The Morgan fingerprint density at radius 2 is 2.00 bits per heavy atom. The Kier molecular flexibility index (Phi) is 9.94. The van der Waals surface area contributed by atoms with E-state index >= 15 is 0 Å². The van der Waals surface area contributed by atoms with Crippen LogP contribution in [0.2, 0.25) is 0 Å². The number of rotatable bonds is 8. The third-order valence-electron chi connectivity index (χ3n) is 2.64. The molecule has 0 atom stereocenters. The van der Waals surface area contributed by atoms with Crippen LogP contribution >= 0.6 is 12.4 Å². The van der Waals surface area contributed by atoms with E-state index in [-0.39, 0.29) is 24.9 Å². The normalized spacial score (nSPS) is 9.58. The van der Waals surface area contributed by atoms with E-state index in [9.17, 15) is 4.79 Å². The largest absolute Gasteiger partial charge is 0.483 e. The number of carbonyl (C=O) groups is 1. The highest BCUT2D eigenvalue weighted by Gasteiger charge is 2.04. The van der Waals surface area contributed by atoms with E-state index in [1.807, 2.05) is 31.3 Å². The number of para-hydroxylation sites is 1. The lowest BCUT2D eigenvalue weighted by atomic mass is 10.1.